The van der Waals surface area contributed by atoms with E-state index in [-0.39, 0.29) is 12.4 Å². The maximum Gasteiger partial charge on any atom is 0.0345 e. The molecule has 0 saturated heterocycles. The van der Waals surface area contributed by atoms with Crippen molar-refractivity contribution in [3.63, 3.8) is 0 Å². The van der Waals surface area contributed by atoms with Gasteiger partial charge >= 0.3 is 0 Å². The largest absolute Gasteiger partial charge is 0.317 e. The number of benzene rings is 1. The molecule has 3 heteroatoms. The average molecular weight is 242 g/mol. The first kappa shape index (κ1) is 12.5. The van der Waals surface area contributed by atoms with E-state index in [1.165, 1.54) is 15.0 Å². The van der Waals surface area contributed by atoms with E-state index in [2.05, 4.69) is 42.6 Å². The van der Waals surface area contributed by atoms with Crippen molar-refractivity contribution in [1.29, 1.82) is 0 Å². The standard InChI is InChI=1S/C12H15NS.ClH/c1-9(13-2)7-11-8-10-5-3-4-6-12(10)14-11;/h3-6,8-9,13H,7H2,1-2H3;1H. The molecule has 1 unspecified atom stereocenters. The van der Waals surface area contributed by atoms with Gasteiger partial charge in [0, 0.05) is 15.6 Å². The average Bonchev–Trinajstić information content (AvgIpc) is 2.59. The molecule has 2 aromatic rings. The van der Waals surface area contributed by atoms with Crippen molar-refractivity contribution in [1.82, 2.24) is 5.32 Å². The monoisotopic (exact) mass is 241 g/mol. The highest BCUT2D eigenvalue weighted by Gasteiger charge is 2.04. The zero-order valence-corrected chi connectivity index (χ0v) is 10.6. The van der Waals surface area contributed by atoms with Crippen LogP contribution in [0.3, 0.4) is 0 Å². The van der Waals surface area contributed by atoms with Crippen LogP contribution in [0.2, 0.25) is 0 Å². The molecular weight excluding hydrogens is 226 g/mol. The molecule has 0 fully saturated rings. The number of likely N-dealkylation sites (N-methyl/N-ethyl adjacent to an activating group) is 1. The molecule has 1 nitrogen and oxygen atoms in total. The van der Waals surface area contributed by atoms with E-state index < -0.39 is 0 Å². The summed E-state index contributed by atoms with van der Waals surface area (Å²) in [5.41, 5.74) is 0. The molecule has 0 amide bonds. The normalized spacial score (nSPS) is 12.4. The molecule has 0 aliphatic heterocycles. The number of halogens is 1. The zero-order valence-electron chi connectivity index (χ0n) is 8.99. The zero-order chi connectivity index (χ0) is 9.97. The molecule has 0 aliphatic carbocycles. The number of hydrogen-bond acceptors (Lipinski definition) is 2. The predicted octanol–water partition coefficient (Wildman–Crippen LogP) is 3.47. The molecular formula is C12H16ClNS. The minimum atomic E-state index is 0. The van der Waals surface area contributed by atoms with E-state index in [0.29, 0.717) is 6.04 Å². The van der Waals surface area contributed by atoms with Gasteiger partial charge in [0.15, 0.2) is 0 Å². The quantitative estimate of drug-likeness (QED) is 0.868. The lowest BCUT2D eigenvalue weighted by molar-refractivity contribution is 0.613. The van der Waals surface area contributed by atoms with Gasteiger partial charge in [-0.2, -0.15) is 0 Å². The summed E-state index contributed by atoms with van der Waals surface area (Å²) in [5.74, 6) is 0. The van der Waals surface area contributed by atoms with Gasteiger partial charge in [-0.25, -0.2) is 0 Å². The minimum Gasteiger partial charge on any atom is -0.317 e. The van der Waals surface area contributed by atoms with E-state index >= 15 is 0 Å². The summed E-state index contributed by atoms with van der Waals surface area (Å²) >= 11 is 1.90. The summed E-state index contributed by atoms with van der Waals surface area (Å²) in [6.07, 6.45) is 1.12. The van der Waals surface area contributed by atoms with Gasteiger partial charge in [-0.15, -0.1) is 23.7 Å². The highest BCUT2D eigenvalue weighted by atomic mass is 35.5. The fourth-order valence-electron chi connectivity index (χ4n) is 1.54. The lowest BCUT2D eigenvalue weighted by Crippen LogP contribution is -2.22. The Morgan fingerprint density at radius 3 is 2.73 bits per heavy atom. The number of hydrogen-bond donors (Lipinski definition) is 1. The predicted molar refractivity (Wildman–Crippen MR) is 71.3 cm³/mol. The highest BCUT2D eigenvalue weighted by molar-refractivity contribution is 7.19. The van der Waals surface area contributed by atoms with Crippen molar-refractivity contribution in [3.05, 3.63) is 35.2 Å². The van der Waals surface area contributed by atoms with Gasteiger partial charge in [-0.3, -0.25) is 0 Å². The molecule has 1 N–H and O–H groups in total. The molecule has 0 radical (unpaired) electrons. The van der Waals surface area contributed by atoms with Crippen molar-refractivity contribution in [2.24, 2.45) is 0 Å². The van der Waals surface area contributed by atoms with E-state index in [1.807, 2.05) is 18.4 Å². The Hall–Kier alpha value is -0.570. The number of rotatable bonds is 3. The second-order valence-electron chi connectivity index (χ2n) is 3.64. The van der Waals surface area contributed by atoms with E-state index in [0.717, 1.165) is 6.42 Å². The Morgan fingerprint density at radius 1 is 1.33 bits per heavy atom. The van der Waals surface area contributed by atoms with Gasteiger partial charge in [0.1, 0.15) is 0 Å². The van der Waals surface area contributed by atoms with Gasteiger partial charge in [-0.1, -0.05) is 18.2 Å². The van der Waals surface area contributed by atoms with Crippen LogP contribution >= 0.6 is 23.7 Å². The van der Waals surface area contributed by atoms with Gasteiger partial charge in [0.2, 0.25) is 0 Å². The first-order valence-corrected chi connectivity index (χ1v) is 5.76. The molecule has 0 aliphatic rings. The molecule has 2 rings (SSSR count). The van der Waals surface area contributed by atoms with Crippen molar-refractivity contribution >= 4 is 33.8 Å². The van der Waals surface area contributed by atoms with Crippen LogP contribution in [0.25, 0.3) is 10.1 Å². The Bertz CT molecular complexity index is 391. The fraction of sp³-hybridized carbons (Fsp3) is 0.333. The third-order valence-corrected chi connectivity index (χ3v) is 3.62. The second-order valence-corrected chi connectivity index (χ2v) is 4.81. The molecule has 0 spiro atoms. The minimum absolute atomic E-state index is 0. The molecule has 1 atom stereocenters. The number of nitrogens with one attached hydrogen (secondary N) is 1. The van der Waals surface area contributed by atoms with Crippen LogP contribution in [0.4, 0.5) is 0 Å². The van der Waals surface area contributed by atoms with Crippen LogP contribution in [-0.4, -0.2) is 13.1 Å². The van der Waals surface area contributed by atoms with Gasteiger partial charge in [0.05, 0.1) is 0 Å². The molecule has 0 bridgehead atoms. The van der Waals surface area contributed by atoms with E-state index in [4.69, 9.17) is 0 Å². The van der Waals surface area contributed by atoms with Gasteiger partial charge in [-0.05, 0) is 37.9 Å². The summed E-state index contributed by atoms with van der Waals surface area (Å²) in [4.78, 5) is 1.47. The molecule has 1 heterocycles. The second kappa shape index (κ2) is 5.50. The van der Waals surface area contributed by atoms with Crippen LogP contribution in [0.5, 0.6) is 0 Å². The Kier molecular flexibility index (Phi) is 4.58. The van der Waals surface area contributed by atoms with E-state index in [9.17, 15) is 0 Å². The van der Waals surface area contributed by atoms with Crippen LogP contribution in [-0.2, 0) is 6.42 Å². The van der Waals surface area contributed by atoms with Crippen LogP contribution in [0.1, 0.15) is 11.8 Å². The lowest BCUT2D eigenvalue weighted by atomic mass is 10.2. The molecule has 82 valence electrons. The maximum absolute atomic E-state index is 3.26. The summed E-state index contributed by atoms with van der Waals surface area (Å²) < 4.78 is 1.39. The molecule has 15 heavy (non-hydrogen) atoms. The summed E-state index contributed by atoms with van der Waals surface area (Å²) in [6.45, 7) is 2.21. The lowest BCUT2D eigenvalue weighted by Gasteiger charge is -2.06. The van der Waals surface area contributed by atoms with Crippen molar-refractivity contribution in [2.75, 3.05) is 7.05 Å². The summed E-state index contributed by atoms with van der Waals surface area (Å²) in [6, 6.07) is 11.4. The Labute approximate surface area is 101 Å². The van der Waals surface area contributed by atoms with E-state index in [1.54, 1.807) is 0 Å². The first-order chi connectivity index (χ1) is 6.79. The number of thiophene rings is 1. The third-order valence-electron chi connectivity index (χ3n) is 2.48. The Balaban J connectivity index is 0.00000112. The Morgan fingerprint density at radius 2 is 2.07 bits per heavy atom. The van der Waals surface area contributed by atoms with Crippen molar-refractivity contribution < 1.29 is 0 Å². The van der Waals surface area contributed by atoms with Crippen LogP contribution in [0.15, 0.2) is 30.3 Å². The summed E-state index contributed by atoms with van der Waals surface area (Å²) in [5, 5.41) is 4.64. The number of fused-ring (bicyclic) bond motifs is 1. The highest BCUT2D eigenvalue weighted by Crippen LogP contribution is 2.25. The maximum atomic E-state index is 3.26. The molecule has 0 saturated carbocycles. The third kappa shape index (κ3) is 2.94. The van der Waals surface area contributed by atoms with Gasteiger partial charge < -0.3 is 5.32 Å². The molecule has 1 aromatic carbocycles. The topological polar surface area (TPSA) is 12.0 Å². The van der Waals surface area contributed by atoms with Crippen molar-refractivity contribution in [2.45, 2.75) is 19.4 Å². The van der Waals surface area contributed by atoms with Crippen molar-refractivity contribution in [3.8, 4) is 0 Å². The first-order valence-electron chi connectivity index (χ1n) is 4.94. The fourth-order valence-corrected chi connectivity index (χ4v) is 2.73. The van der Waals surface area contributed by atoms with Gasteiger partial charge in [0.25, 0.3) is 0 Å². The van der Waals surface area contributed by atoms with Crippen LogP contribution in [0, 0.1) is 0 Å². The SMILES string of the molecule is CNC(C)Cc1cc2ccccc2s1.Cl. The van der Waals surface area contributed by atoms with Crippen LogP contribution < -0.4 is 5.32 Å². The summed E-state index contributed by atoms with van der Waals surface area (Å²) in [7, 11) is 2.01. The molecule has 1 aromatic heterocycles. The smallest absolute Gasteiger partial charge is 0.0345 e.